The van der Waals surface area contributed by atoms with E-state index in [0.717, 1.165) is 28.3 Å². The number of H-pyrrole nitrogens is 1. The van der Waals surface area contributed by atoms with Gasteiger partial charge in [-0.15, -0.1) is 0 Å². The molecule has 150 valence electrons. The average molecular weight is 389 g/mol. The van der Waals surface area contributed by atoms with E-state index in [-0.39, 0.29) is 5.78 Å². The predicted octanol–water partition coefficient (Wildman–Crippen LogP) is 4.61. The van der Waals surface area contributed by atoms with Crippen molar-refractivity contribution in [3.63, 3.8) is 0 Å². The lowest BCUT2D eigenvalue weighted by Crippen LogP contribution is -2.51. The molecule has 5 nitrogen and oxygen atoms in total. The number of hydrogen-bond acceptors (Lipinski definition) is 4. The molecular formula is C24H28N4O. The molecule has 1 heterocycles. The van der Waals surface area contributed by atoms with Crippen molar-refractivity contribution in [3.05, 3.63) is 65.9 Å². The first-order valence-electron chi connectivity index (χ1n) is 10.1. The second-order valence-corrected chi connectivity index (χ2v) is 8.43. The zero-order chi connectivity index (χ0) is 20.6. The highest BCUT2D eigenvalue weighted by Crippen LogP contribution is 2.35. The molecule has 0 spiro atoms. The number of ketones is 1. The van der Waals surface area contributed by atoms with Crippen LogP contribution in [-0.2, 0) is 6.54 Å². The molecule has 0 radical (unpaired) electrons. The number of imidazole rings is 1. The number of hydrogen-bond donors (Lipinski definition) is 2. The van der Waals surface area contributed by atoms with E-state index in [9.17, 15) is 4.79 Å². The molecule has 1 aliphatic rings. The standard InChI is InChI=1S/C24H28N4O/c1-16(29)18-10-7-11-19(14-18)22-21(15-28(20-12-13-20)24(2,3)25)26-23(27-22)17-8-5-4-6-9-17/h4-11,14,20H,12-13,15,25H2,1-3H3,(H,26,27). The van der Waals surface area contributed by atoms with Gasteiger partial charge in [-0.1, -0.05) is 48.5 Å². The minimum atomic E-state index is -0.419. The Morgan fingerprint density at radius 3 is 2.45 bits per heavy atom. The first-order valence-corrected chi connectivity index (χ1v) is 10.1. The lowest BCUT2D eigenvalue weighted by molar-refractivity contribution is 0.101. The lowest BCUT2D eigenvalue weighted by Gasteiger charge is -2.35. The number of aromatic nitrogens is 2. The molecule has 4 rings (SSSR count). The fraction of sp³-hybridized carbons (Fsp3) is 0.333. The Hall–Kier alpha value is -2.76. The number of Topliss-reactive ketones (excluding diaryl/α,β-unsaturated/α-hetero) is 1. The van der Waals surface area contributed by atoms with Gasteiger partial charge >= 0.3 is 0 Å². The van der Waals surface area contributed by atoms with Crippen LogP contribution in [-0.4, -0.2) is 32.4 Å². The minimum Gasteiger partial charge on any atom is -0.340 e. The van der Waals surface area contributed by atoms with Crippen LogP contribution in [0.3, 0.4) is 0 Å². The van der Waals surface area contributed by atoms with Crippen LogP contribution in [0.5, 0.6) is 0 Å². The topological polar surface area (TPSA) is 75.0 Å². The smallest absolute Gasteiger partial charge is 0.159 e. The first-order chi connectivity index (χ1) is 13.8. The van der Waals surface area contributed by atoms with Crippen LogP contribution in [0.2, 0.25) is 0 Å². The molecule has 29 heavy (non-hydrogen) atoms. The van der Waals surface area contributed by atoms with Crippen LogP contribution in [0.4, 0.5) is 0 Å². The summed E-state index contributed by atoms with van der Waals surface area (Å²) in [6.45, 7) is 6.38. The maximum Gasteiger partial charge on any atom is 0.159 e. The van der Waals surface area contributed by atoms with Gasteiger partial charge in [-0.2, -0.15) is 0 Å². The van der Waals surface area contributed by atoms with Gasteiger partial charge in [0.1, 0.15) is 5.82 Å². The predicted molar refractivity (Wildman–Crippen MR) is 116 cm³/mol. The molecule has 5 heteroatoms. The summed E-state index contributed by atoms with van der Waals surface area (Å²) in [6.07, 6.45) is 2.35. The first kappa shape index (κ1) is 19.6. The molecule has 1 aromatic heterocycles. The summed E-state index contributed by atoms with van der Waals surface area (Å²) in [7, 11) is 0. The van der Waals surface area contributed by atoms with Crippen molar-refractivity contribution in [2.24, 2.45) is 5.73 Å². The van der Waals surface area contributed by atoms with Crippen LogP contribution in [0, 0.1) is 0 Å². The van der Waals surface area contributed by atoms with Crippen LogP contribution in [0.1, 0.15) is 49.7 Å². The van der Waals surface area contributed by atoms with Gasteiger partial charge in [-0.3, -0.25) is 9.69 Å². The molecule has 3 aromatic rings. The number of nitrogens with two attached hydrogens (primary N) is 1. The number of benzene rings is 2. The number of rotatable bonds is 7. The number of carbonyl (C=O) groups excluding carboxylic acids is 1. The van der Waals surface area contributed by atoms with Crippen LogP contribution < -0.4 is 5.73 Å². The van der Waals surface area contributed by atoms with Crippen molar-refractivity contribution < 1.29 is 4.79 Å². The molecule has 0 bridgehead atoms. The summed E-state index contributed by atoms with van der Waals surface area (Å²) < 4.78 is 0. The monoisotopic (exact) mass is 388 g/mol. The summed E-state index contributed by atoms with van der Waals surface area (Å²) in [5, 5.41) is 0. The number of nitrogens with one attached hydrogen (secondary N) is 1. The van der Waals surface area contributed by atoms with Crippen molar-refractivity contribution in [2.45, 2.75) is 51.9 Å². The third kappa shape index (κ3) is 4.31. The van der Waals surface area contributed by atoms with Crippen LogP contribution >= 0.6 is 0 Å². The van der Waals surface area contributed by atoms with Gasteiger partial charge in [0.25, 0.3) is 0 Å². The Morgan fingerprint density at radius 1 is 1.14 bits per heavy atom. The molecule has 3 N–H and O–H groups in total. The second-order valence-electron chi connectivity index (χ2n) is 8.43. The van der Waals surface area contributed by atoms with Crippen molar-refractivity contribution in [3.8, 4) is 22.6 Å². The normalized spacial score (nSPS) is 14.4. The van der Waals surface area contributed by atoms with E-state index in [1.807, 2.05) is 54.6 Å². The number of nitrogens with zero attached hydrogens (tertiary/aromatic N) is 2. The third-order valence-electron chi connectivity index (χ3n) is 5.42. The molecule has 0 saturated heterocycles. The van der Waals surface area contributed by atoms with E-state index in [1.54, 1.807) is 6.92 Å². The number of carbonyl (C=O) groups is 1. The SMILES string of the molecule is CC(=O)c1cccc(-c2nc(-c3ccccc3)[nH]c2CN(C2CC2)C(C)(C)N)c1. The van der Waals surface area contributed by atoms with Gasteiger partial charge in [-0.05, 0) is 39.7 Å². The molecule has 2 aromatic carbocycles. The molecule has 0 unspecified atom stereocenters. The Balaban J connectivity index is 1.79. The van der Waals surface area contributed by atoms with Gasteiger partial charge < -0.3 is 10.7 Å². The summed E-state index contributed by atoms with van der Waals surface area (Å²) in [4.78, 5) is 22.7. The van der Waals surface area contributed by atoms with Gasteiger partial charge in [0.05, 0.1) is 17.1 Å². The lowest BCUT2D eigenvalue weighted by atomic mass is 10.0. The van der Waals surface area contributed by atoms with E-state index >= 15 is 0 Å². The average Bonchev–Trinajstić information content (AvgIpc) is 3.44. The second kappa shape index (κ2) is 7.58. The third-order valence-corrected chi connectivity index (χ3v) is 5.42. The van der Waals surface area contributed by atoms with Gasteiger partial charge in [-0.25, -0.2) is 4.98 Å². The van der Waals surface area contributed by atoms with Gasteiger partial charge in [0.2, 0.25) is 0 Å². The zero-order valence-corrected chi connectivity index (χ0v) is 17.3. The largest absolute Gasteiger partial charge is 0.340 e. The Labute approximate surface area is 172 Å². The summed E-state index contributed by atoms with van der Waals surface area (Å²) in [6, 6.07) is 18.3. The number of aromatic amines is 1. The summed E-state index contributed by atoms with van der Waals surface area (Å²) >= 11 is 0. The van der Waals surface area contributed by atoms with Gasteiger partial charge in [0.15, 0.2) is 5.78 Å². The van der Waals surface area contributed by atoms with E-state index in [0.29, 0.717) is 18.2 Å². The van der Waals surface area contributed by atoms with Crippen molar-refractivity contribution >= 4 is 5.78 Å². The van der Waals surface area contributed by atoms with Crippen molar-refractivity contribution in [2.75, 3.05) is 0 Å². The van der Waals surface area contributed by atoms with E-state index in [1.165, 1.54) is 12.8 Å². The van der Waals surface area contributed by atoms with E-state index in [2.05, 4.69) is 23.7 Å². The molecule has 1 aliphatic carbocycles. The van der Waals surface area contributed by atoms with Gasteiger partial charge in [0, 0.05) is 29.3 Å². The fourth-order valence-corrected chi connectivity index (χ4v) is 3.74. The minimum absolute atomic E-state index is 0.0508. The van der Waals surface area contributed by atoms with Crippen molar-refractivity contribution in [1.29, 1.82) is 0 Å². The van der Waals surface area contributed by atoms with Crippen LogP contribution in [0.25, 0.3) is 22.6 Å². The Kier molecular flexibility index (Phi) is 5.11. The van der Waals surface area contributed by atoms with E-state index in [4.69, 9.17) is 10.7 Å². The molecular weight excluding hydrogens is 360 g/mol. The molecule has 1 fully saturated rings. The Morgan fingerprint density at radius 2 is 1.83 bits per heavy atom. The molecule has 1 saturated carbocycles. The van der Waals surface area contributed by atoms with E-state index < -0.39 is 5.66 Å². The highest BCUT2D eigenvalue weighted by Gasteiger charge is 2.37. The highest BCUT2D eigenvalue weighted by atomic mass is 16.1. The summed E-state index contributed by atoms with van der Waals surface area (Å²) in [5.74, 6) is 0.879. The van der Waals surface area contributed by atoms with Crippen molar-refractivity contribution in [1.82, 2.24) is 14.9 Å². The fourth-order valence-electron chi connectivity index (χ4n) is 3.74. The molecule has 0 atom stereocenters. The maximum absolute atomic E-state index is 11.9. The molecule has 0 amide bonds. The van der Waals surface area contributed by atoms with Crippen LogP contribution in [0.15, 0.2) is 54.6 Å². The molecule has 0 aliphatic heterocycles. The quantitative estimate of drug-likeness (QED) is 0.458. The summed E-state index contributed by atoms with van der Waals surface area (Å²) in [5.41, 5.74) is 10.6. The highest BCUT2D eigenvalue weighted by molar-refractivity contribution is 5.95. The Bertz CT molecular complexity index is 1010. The maximum atomic E-state index is 11.9. The zero-order valence-electron chi connectivity index (χ0n) is 17.3.